The van der Waals surface area contributed by atoms with Crippen LogP contribution in [0.3, 0.4) is 0 Å². The first-order valence-corrected chi connectivity index (χ1v) is 11.6. The molecule has 0 bridgehead atoms. The number of rotatable bonds is 6. The second-order valence-electron chi connectivity index (χ2n) is 8.48. The number of piperazine rings is 1. The van der Waals surface area contributed by atoms with E-state index in [-0.39, 0.29) is 5.91 Å². The van der Waals surface area contributed by atoms with E-state index in [1.54, 1.807) is 13.3 Å². The molecule has 0 spiro atoms. The summed E-state index contributed by atoms with van der Waals surface area (Å²) in [5.41, 5.74) is 4.18. The molecule has 172 valence electrons. The van der Waals surface area contributed by atoms with E-state index in [9.17, 15) is 4.79 Å². The van der Waals surface area contributed by atoms with Crippen molar-refractivity contribution in [1.82, 2.24) is 19.8 Å². The fraction of sp³-hybridized carbons (Fsp3) is 0.222. The van der Waals surface area contributed by atoms with Crippen LogP contribution in [-0.4, -0.2) is 52.4 Å². The maximum absolute atomic E-state index is 12.8. The van der Waals surface area contributed by atoms with Gasteiger partial charge in [0.05, 0.1) is 19.3 Å². The number of hydrogen-bond donors (Lipinski definition) is 0. The van der Waals surface area contributed by atoms with Crippen molar-refractivity contribution in [3.63, 3.8) is 0 Å². The van der Waals surface area contributed by atoms with E-state index in [1.807, 2.05) is 41.4 Å². The Morgan fingerprint density at radius 3 is 2.44 bits per heavy atom. The minimum absolute atomic E-state index is 0.141. The SMILES string of the molecule is COc1ccc(-c2ccc(CN3CCN(Cc4cc5ccc(Cl)cc5cn4)CC3=O)cc2)cn1. The zero-order valence-electron chi connectivity index (χ0n) is 18.9. The molecule has 1 saturated heterocycles. The van der Waals surface area contributed by atoms with Crippen molar-refractivity contribution in [2.24, 2.45) is 0 Å². The Morgan fingerprint density at radius 2 is 1.71 bits per heavy atom. The molecule has 4 aromatic rings. The summed E-state index contributed by atoms with van der Waals surface area (Å²) in [4.78, 5) is 25.7. The van der Waals surface area contributed by atoms with Crippen molar-refractivity contribution in [2.75, 3.05) is 26.7 Å². The Balaban J connectivity index is 1.18. The highest BCUT2D eigenvalue weighted by Gasteiger charge is 2.24. The summed E-state index contributed by atoms with van der Waals surface area (Å²) in [7, 11) is 1.61. The number of amides is 1. The quantitative estimate of drug-likeness (QED) is 0.403. The van der Waals surface area contributed by atoms with E-state index in [4.69, 9.17) is 16.3 Å². The predicted octanol–water partition coefficient (Wildman–Crippen LogP) is 4.80. The van der Waals surface area contributed by atoms with Gasteiger partial charge in [-0.1, -0.05) is 41.9 Å². The number of fused-ring (bicyclic) bond motifs is 1. The van der Waals surface area contributed by atoms with Gasteiger partial charge in [-0.15, -0.1) is 0 Å². The van der Waals surface area contributed by atoms with E-state index < -0.39 is 0 Å². The number of nitrogens with zero attached hydrogens (tertiary/aromatic N) is 4. The summed E-state index contributed by atoms with van der Waals surface area (Å²) >= 11 is 6.06. The van der Waals surface area contributed by atoms with Gasteiger partial charge in [0.15, 0.2) is 0 Å². The van der Waals surface area contributed by atoms with Gasteiger partial charge in [0, 0.05) is 60.6 Å². The molecule has 0 saturated carbocycles. The summed E-state index contributed by atoms with van der Waals surface area (Å²) < 4.78 is 5.12. The Bertz CT molecular complexity index is 1310. The van der Waals surface area contributed by atoms with Gasteiger partial charge in [0.25, 0.3) is 0 Å². The molecule has 1 aliphatic heterocycles. The molecule has 1 fully saturated rings. The molecular formula is C27H25ClN4O2. The first-order chi connectivity index (χ1) is 16.6. The molecular weight excluding hydrogens is 448 g/mol. The molecule has 7 heteroatoms. The lowest BCUT2D eigenvalue weighted by Gasteiger charge is -2.34. The molecule has 1 aliphatic rings. The van der Waals surface area contributed by atoms with Crippen LogP contribution in [0.4, 0.5) is 0 Å². The van der Waals surface area contributed by atoms with Gasteiger partial charge in [-0.3, -0.25) is 14.7 Å². The van der Waals surface area contributed by atoms with Gasteiger partial charge in [-0.05, 0) is 40.8 Å². The van der Waals surface area contributed by atoms with Crippen molar-refractivity contribution in [3.8, 4) is 17.0 Å². The number of carbonyl (C=O) groups is 1. The monoisotopic (exact) mass is 472 g/mol. The van der Waals surface area contributed by atoms with E-state index >= 15 is 0 Å². The zero-order chi connectivity index (χ0) is 23.5. The Kier molecular flexibility index (Phi) is 6.43. The lowest BCUT2D eigenvalue weighted by molar-refractivity contribution is -0.136. The number of aromatic nitrogens is 2. The summed E-state index contributed by atoms with van der Waals surface area (Å²) in [5, 5.41) is 2.83. The largest absolute Gasteiger partial charge is 0.481 e. The minimum atomic E-state index is 0.141. The van der Waals surface area contributed by atoms with Gasteiger partial charge < -0.3 is 9.64 Å². The number of hydrogen-bond acceptors (Lipinski definition) is 5. The van der Waals surface area contributed by atoms with Gasteiger partial charge in [0.1, 0.15) is 0 Å². The van der Waals surface area contributed by atoms with Crippen LogP contribution in [0.1, 0.15) is 11.3 Å². The summed E-state index contributed by atoms with van der Waals surface area (Å²) in [5.74, 6) is 0.738. The molecule has 0 unspecified atom stereocenters. The highest BCUT2D eigenvalue weighted by molar-refractivity contribution is 6.31. The molecule has 5 rings (SSSR count). The average molecular weight is 473 g/mol. The lowest BCUT2D eigenvalue weighted by atomic mass is 10.1. The molecule has 3 heterocycles. The zero-order valence-corrected chi connectivity index (χ0v) is 19.7. The Morgan fingerprint density at radius 1 is 0.882 bits per heavy atom. The van der Waals surface area contributed by atoms with Crippen LogP contribution < -0.4 is 4.74 Å². The summed E-state index contributed by atoms with van der Waals surface area (Å²) in [6.45, 7) is 3.19. The second-order valence-corrected chi connectivity index (χ2v) is 8.92. The van der Waals surface area contributed by atoms with Crippen molar-refractivity contribution >= 4 is 28.3 Å². The van der Waals surface area contributed by atoms with Crippen LogP contribution in [-0.2, 0) is 17.9 Å². The fourth-order valence-corrected chi connectivity index (χ4v) is 4.41. The van der Waals surface area contributed by atoms with Crippen LogP contribution in [0.15, 0.2) is 73.1 Å². The lowest BCUT2D eigenvalue weighted by Crippen LogP contribution is -2.49. The molecule has 0 radical (unpaired) electrons. The second kappa shape index (κ2) is 9.79. The highest BCUT2D eigenvalue weighted by Crippen LogP contribution is 2.22. The number of ether oxygens (including phenoxy) is 1. The van der Waals surface area contributed by atoms with Crippen molar-refractivity contribution in [3.05, 3.63) is 89.3 Å². The summed E-state index contributed by atoms with van der Waals surface area (Å²) in [6.07, 6.45) is 3.65. The molecule has 34 heavy (non-hydrogen) atoms. The maximum Gasteiger partial charge on any atom is 0.237 e. The molecule has 0 atom stereocenters. The molecule has 1 amide bonds. The van der Waals surface area contributed by atoms with E-state index in [1.165, 1.54) is 0 Å². The van der Waals surface area contributed by atoms with Gasteiger partial charge in [-0.2, -0.15) is 0 Å². The van der Waals surface area contributed by atoms with Crippen LogP contribution in [0.25, 0.3) is 21.9 Å². The van der Waals surface area contributed by atoms with Crippen molar-refractivity contribution in [1.29, 1.82) is 0 Å². The van der Waals surface area contributed by atoms with Crippen LogP contribution >= 0.6 is 11.6 Å². The van der Waals surface area contributed by atoms with Crippen LogP contribution in [0.2, 0.25) is 5.02 Å². The molecule has 0 N–H and O–H groups in total. The number of carbonyl (C=O) groups excluding carboxylic acids is 1. The third-order valence-electron chi connectivity index (χ3n) is 6.13. The standard InChI is InChI=1S/C27H25ClN4O2/c1-34-26-9-7-22(14-30-26)20-4-2-19(3-5-20)16-32-11-10-31(18-27(32)33)17-25-13-21-6-8-24(28)12-23(21)15-29-25/h2-9,12-15H,10-11,16-18H2,1H3. The summed E-state index contributed by atoms with van der Waals surface area (Å²) in [6, 6.07) is 20.0. The smallest absolute Gasteiger partial charge is 0.237 e. The number of halogens is 1. The molecule has 0 aliphatic carbocycles. The molecule has 2 aromatic heterocycles. The topological polar surface area (TPSA) is 58.6 Å². The average Bonchev–Trinajstić information content (AvgIpc) is 2.86. The number of methoxy groups -OCH3 is 1. The first kappa shape index (κ1) is 22.3. The van der Waals surface area contributed by atoms with E-state index in [0.717, 1.165) is 39.7 Å². The van der Waals surface area contributed by atoms with E-state index in [0.29, 0.717) is 37.1 Å². The molecule has 6 nitrogen and oxygen atoms in total. The number of benzene rings is 2. The van der Waals surface area contributed by atoms with Crippen LogP contribution in [0, 0.1) is 0 Å². The van der Waals surface area contributed by atoms with Crippen LogP contribution in [0.5, 0.6) is 5.88 Å². The minimum Gasteiger partial charge on any atom is -0.481 e. The Labute approximate surface area is 203 Å². The normalized spacial score (nSPS) is 14.5. The first-order valence-electron chi connectivity index (χ1n) is 11.2. The van der Waals surface area contributed by atoms with Gasteiger partial charge in [-0.25, -0.2) is 4.98 Å². The third kappa shape index (κ3) is 5.03. The Hall–Kier alpha value is -3.48. The van der Waals surface area contributed by atoms with Crippen molar-refractivity contribution < 1.29 is 9.53 Å². The predicted molar refractivity (Wildman–Crippen MR) is 134 cm³/mol. The van der Waals surface area contributed by atoms with Gasteiger partial charge >= 0.3 is 0 Å². The van der Waals surface area contributed by atoms with E-state index in [2.05, 4.69) is 45.2 Å². The number of pyridine rings is 2. The van der Waals surface area contributed by atoms with Gasteiger partial charge in [0.2, 0.25) is 11.8 Å². The molecule has 2 aromatic carbocycles. The highest BCUT2D eigenvalue weighted by atomic mass is 35.5. The fourth-order valence-electron chi connectivity index (χ4n) is 4.23. The maximum atomic E-state index is 12.8. The third-order valence-corrected chi connectivity index (χ3v) is 6.37. The van der Waals surface area contributed by atoms with Crippen molar-refractivity contribution in [2.45, 2.75) is 13.1 Å².